The quantitative estimate of drug-likeness (QED) is 0.876. The van der Waals surface area contributed by atoms with Gasteiger partial charge in [0, 0.05) is 5.69 Å². The van der Waals surface area contributed by atoms with Gasteiger partial charge < -0.3 is 10.8 Å². The van der Waals surface area contributed by atoms with Crippen LogP contribution in [0.5, 0.6) is 0 Å². The maximum atomic E-state index is 11.3. The van der Waals surface area contributed by atoms with Crippen LogP contribution in [0.1, 0.15) is 32.1 Å². The minimum Gasteiger partial charge on any atom is -0.478 e. The highest BCUT2D eigenvalue weighted by molar-refractivity contribution is 7.99. The molecule has 2 aromatic heterocycles. The topological polar surface area (TPSA) is 119 Å². The number of carboxylic acids is 1. The van der Waals surface area contributed by atoms with Crippen LogP contribution < -0.4 is 5.73 Å². The second kappa shape index (κ2) is 5.88. The summed E-state index contributed by atoms with van der Waals surface area (Å²) in [7, 11) is 0. The zero-order valence-electron chi connectivity index (χ0n) is 11.3. The Morgan fingerprint density at radius 3 is 2.48 bits per heavy atom. The molecule has 0 atom stereocenters. The van der Waals surface area contributed by atoms with E-state index in [0.717, 1.165) is 11.8 Å². The van der Waals surface area contributed by atoms with Gasteiger partial charge in [-0.15, -0.1) is 10.2 Å². The largest absolute Gasteiger partial charge is 0.478 e. The molecule has 108 valence electrons. The highest BCUT2D eigenvalue weighted by Crippen LogP contribution is 2.29. The van der Waals surface area contributed by atoms with Gasteiger partial charge in [0.05, 0.1) is 5.56 Å². The van der Waals surface area contributed by atoms with Crippen LogP contribution >= 0.6 is 11.8 Å². The van der Waals surface area contributed by atoms with Crippen molar-refractivity contribution in [3.63, 3.8) is 0 Å². The van der Waals surface area contributed by atoms with E-state index in [-0.39, 0.29) is 11.3 Å². The van der Waals surface area contributed by atoms with Crippen LogP contribution in [-0.2, 0) is 0 Å². The predicted octanol–water partition coefficient (Wildman–Crippen LogP) is 1.44. The Balaban J connectivity index is 2.39. The molecule has 0 saturated heterocycles. The molecule has 0 aliphatic rings. The van der Waals surface area contributed by atoms with E-state index in [0.29, 0.717) is 21.3 Å². The van der Waals surface area contributed by atoms with Gasteiger partial charge in [0.15, 0.2) is 5.69 Å². The molecule has 21 heavy (non-hydrogen) atoms. The molecule has 0 saturated carbocycles. The lowest BCUT2D eigenvalue weighted by molar-refractivity contribution is 0.0691. The van der Waals surface area contributed by atoms with Gasteiger partial charge in [-0.05, 0) is 49.4 Å². The highest BCUT2D eigenvalue weighted by atomic mass is 32.2. The first-order chi connectivity index (χ1) is 9.88. The smallest absolute Gasteiger partial charge is 0.338 e. The van der Waals surface area contributed by atoms with Crippen LogP contribution in [0.15, 0.2) is 28.3 Å². The minimum absolute atomic E-state index is 0.0474. The molecule has 3 N–H and O–H groups in total. The average molecular weight is 304 g/mol. The van der Waals surface area contributed by atoms with Crippen LogP contribution in [0.25, 0.3) is 0 Å². The Bertz CT molecular complexity index is 716. The molecule has 0 aromatic carbocycles. The van der Waals surface area contributed by atoms with E-state index in [1.165, 1.54) is 6.07 Å². The van der Waals surface area contributed by atoms with Crippen molar-refractivity contribution < 1.29 is 14.7 Å². The Hall–Kier alpha value is -2.48. The molecule has 0 radical (unpaired) electrons. The molecule has 1 amide bonds. The van der Waals surface area contributed by atoms with Crippen molar-refractivity contribution in [1.82, 2.24) is 15.2 Å². The number of pyridine rings is 1. The number of carbonyl (C=O) groups is 2. The van der Waals surface area contributed by atoms with E-state index in [1.54, 1.807) is 26.0 Å². The van der Waals surface area contributed by atoms with E-state index in [1.807, 2.05) is 0 Å². The summed E-state index contributed by atoms with van der Waals surface area (Å²) in [5.74, 6) is -1.72. The monoisotopic (exact) mass is 304 g/mol. The fraction of sp³-hybridized carbons (Fsp3) is 0.154. The molecule has 0 fully saturated rings. The number of carbonyl (C=O) groups excluding carboxylic acids is 1. The summed E-state index contributed by atoms with van der Waals surface area (Å²) in [5, 5.41) is 17.6. The second-order valence-corrected chi connectivity index (χ2v) is 5.30. The van der Waals surface area contributed by atoms with Gasteiger partial charge in [-0.3, -0.25) is 4.79 Å². The van der Waals surface area contributed by atoms with E-state index in [4.69, 9.17) is 5.73 Å². The molecule has 2 heterocycles. The SMILES string of the molecule is Cc1cc(C)c(C(=O)O)c(Sc2ccc(C(N)=O)nn2)n1. The first kappa shape index (κ1) is 14.9. The maximum Gasteiger partial charge on any atom is 0.338 e. The lowest BCUT2D eigenvalue weighted by atomic mass is 10.1. The molecule has 7 nitrogen and oxygen atoms in total. The van der Waals surface area contributed by atoms with Crippen LogP contribution in [-0.4, -0.2) is 32.2 Å². The number of primary amides is 1. The molecule has 2 aromatic rings. The van der Waals surface area contributed by atoms with Crippen molar-refractivity contribution in [2.24, 2.45) is 5.73 Å². The van der Waals surface area contributed by atoms with Crippen molar-refractivity contribution >= 4 is 23.6 Å². The summed E-state index contributed by atoms with van der Waals surface area (Å²) < 4.78 is 0. The third-order valence-electron chi connectivity index (χ3n) is 2.62. The number of hydrogen-bond acceptors (Lipinski definition) is 6. The molecule has 0 spiro atoms. The molecule has 0 aliphatic carbocycles. The fourth-order valence-corrected chi connectivity index (χ4v) is 2.70. The van der Waals surface area contributed by atoms with Gasteiger partial charge in [0.2, 0.25) is 0 Å². The standard InChI is InChI=1S/C13H12N4O3S/c1-6-5-7(2)15-12(10(6)13(19)20)21-9-4-3-8(11(14)18)16-17-9/h3-5H,1-2H3,(H2,14,18)(H,19,20). The number of carboxylic acid groups (broad SMARTS) is 1. The van der Waals surface area contributed by atoms with Gasteiger partial charge in [-0.25, -0.2) is 9.78 Å². The Labute approximate surface area is 124 Å². The second-order valence-electron chi connectivity index (χ2n) is 4.29. The van der Waals surface area contributed by atoms with Gasteiger partial charge in [-0.2, -0.15) is 0 Å². The van der Waals surface area contributed by atoms with Gasteiger partial charge in [0.1, 0.15) is 10.1 Å². The molecule has 0 unspecified atom stereocenters. The Morgan fingerprint density at radius 1 is 1.24 bits per heavy atom. The number of aryl methyl sites for hydroxylation is 2. The van der Waals surface area contributed by atoms with Crippen molar-refractivity contribution in [2.45, 2.75) is 23.9 Å². The Kier molecular flexibility index (Phi) is 4.18. The van der Waals surface area contributed by atoms with Crippen molar-refractivity contribution in [3.8, 4) is 0 Å². The maximum absolute atomic E-state index is 11.3. The van der Waals surface area contributed by atoms with E-state index >= 15 is 0 Å². The molecule has 0 aliphatic heterocycles. The van der Waals surface area contributed by atoms with Crippen LogP contribution in [0.3, 0.4) is 0 Å². The van der Waals surface area contributed by atoms with E-state index < -0.39 is 11.9 Å². The number of aromatic nitrogens is 3. The zero-order chi connectivity index (χ0) is 15.6. The molecular weight excluding hydrogens is 292 g/mol. The van der Waals surface area contributed by atoms with E-state index in [9.17, 15) is 14.7 Å². The number of hydrogen-bond donors (Lipinski definition) is 2. The summed E-state index contributed by atoms with van der Waals surface area (Å²) in [6, 6.07) is 4.68. The number of rotatable bonds is 4. The number of nitrogens with two attached hydrogens (primary N) is 1. The third kappa shape index (κ3) is 3.34. The summed E-state index contributed by atoms with van der Waals surface area (Å²) in [5.41, 5.74) is 6.59. The van der Waals surface area contributed by atoms with Crippen LogP contribution in [0, 0.1) is 13.8 Å². The lowest BCUT2D eigenvalue weighted by Gasteiger charge is -2.08. The van der Waals surface area contributed by atoms with Gasteiger partial charge in [0.25, 0.3) is 5.91 Å². The molecule has 0 bridgehead atoms. The van der Waals surface area contributed by atoms with Crippen LogP contribution in [0.4, 0.5) is 0 Å². The zero-order valence-corrected chi connectivity index (χ0v) is 12.1. The predicted molar refractivity (Wildman–Crippen MR) is 75.3 cm³/mol. The molecule has 2 rings (SSSR count). The summed E-state index contributed by atoms with van der Waals surface area (Å²) in [6.07, 6.45) is 0. The van der Waals surface area contributed by atoms with Gasteiger partial charge >= 0.3 is 5.97 Å². The third-order valence-corrected chi connectivity index (χ3v) is 3.53. The van der Waals surface area contributed by atoms with Crippen LogP contribution in [0.2, 0.25) is 0 Å². The normalized spacial score (nSPS) is 10.4. The minimum atomic E-state index is -1.05. The van der Waals surface area contributed by atoms with Crippen molar-refractivity contribution in [2.75, 3.05) is 0 Å². The van der Waals surface area contributed by atoms with Crippen molar-refractivity contribution in [3.05, 3.63) is 40.7 Å². The first-order valence-electron chi connectivity index (χ1n) is 5.91. The molecular formula is C13H12N4O3S. The summed E-state index contributed by atoms with van der Waals surface area (Å²) in [6.45, 7) is 3.49. The Morgan fingerprint density at radius 2 is 1.95 bits per heavy atom. The summed E-state index contributed by atoms with van der Waals surface area (Å²) >= 11 is 1.07. The lowest BCUT2D eigenvalue weighted by Crippen LogP contribution is -2.13. The highest BCUT2D eigenvalue weighted by Gasteiger charge is 2.17. The summed E-state index contributed by atoms with van der Waals surface area (Å²) in [4.78, 5) is 26.5. The van der Waals surface area contributed by atoms with Crippen molar-refractivity contribution in [1.29, 1.82) is 0 Å². The van der Waals surface area contributed by atoms with E-state index in [2.05, 4.69) is 15.2 Å². The average Bonchev–Trinajstić information content (AvgIpc) is 2.37. The fourth-order valence-electron chi connectivity index (χ4n) is 1.74. The number of nitrogens with zero attached hydrogens (tertiary/aromatic N) is 3. The first-order valence-corrected chi connectivity index (χ1v) is 6.73. The number of aromatic carboxylic acids is 1. The van der Waals surface area contributed by atoms with Gasteiger partial charge in [-0.1, -0.05) is 0 Å². The molecule has 8 heteroatoms. The number of amides is 1.